The number of anilines is 2. The average Bonchev–Trinajstić information content (AvgIpc) is 2.74. The van der Waals surface area contributed by atoms with Crippen LogP contribution in [0, 0.1) is 22.7 Å². The molecule has 0 aromatic heterocycles. The van der Waals surface area contributed by atoms with Crippen molar-refractivity contribution in [3.8, 4) is 12.1 Å². The molecule has 3 aromatic carbocycles. The van der Waals surface area contributed by atoms with E-state index < -0.39 is 11.8 Å². The van der Waals surface area contributed by atoms with Crippen LogP contribution in [0.5, 0.6) is 0 Å². The van der Waals surface area contributed by atoms with E-state index in [9.17, 15) is 9.59 Å². The van der Waals surface area contributed by atoms with E-state index in [0.29, 0.717) is 22.5 Å². The van der Waals surface area contributed by atoms with E-state index >= 15 is 0 Å². The van der Waals surface area contributed by atoms with Gasteiger partial charge in [0.05, 0.1) is 33.9 Å². The molecule has 0 unspecified atom stereocenters. The first-order valence-electron chi connectivity index (χ1n) is 8.43. The fourth-order valence-electron chi connectivity index (χ4n) is 2.50. The minimum absolute atomic E-state index is 0.128. The Kier molecular flexibility index (Phi) is 5.89. The molecule has 0 aliphatic heterocycles. The van der Waals surface area contributed by atoms with Crippen molar-refractivity contribution in [3.05, 3.63) is 94.0 Å². The smallest absolute Gasteiger partial charge is 0.257 e. The van der Waals surface area contributed by atoms with Gasteiger partial charge in [0.1, 0.15) is 0 Å². The van der Waals surface area contributed by atoms with Gasteiger partial charge in [0.15, 0.2) is 0 Å². The molecule has 0 radical (unpaired) electrons. The first kappa shape index (κ1) is 19.6. The molecule has 0 heterocycles. The Bertz CT molecular complexity index is 1160. The molecule has 0 saturated heterocycles. The van der Waals surface area contributed by atoms with Crippen LogP contribution in [0.1, 0.15) is 31.8 Å². The van der Waals surface area contributed by atoms with Crippen LogP contribution >= 0.6 is 11.6 Å². The molecule has 3 rings (SSSR count). The van der Waals surface area contributed by atoms with E-state index in [4.69, 9.17) is 22.1 Å². The summed E-state index contributed by atoms with van der Waals surface area (Å²) in [5.41, 5.74) is 2.53. The van der Waals surface area contributed by atoms with Crippen LogP contribution in [0.15, 0.2) is 66.7 Å². The third-order valence-electron chi connectivity index (χ3n) is 4.02. The van der Waals surface area contributed by atoms with Crippen LogP contribution < -0.4 is 10.6 Å². The van der Waals surface area contributed by atoms with E-state index in [2.05, 4.69) is 10.6 Å². The van der Waals surface area contributed by atoms with Gasteiger partial charge in [-0.3, -0.25) is 9.59 Å². The molecule has 0 bridgehead atoms. The van der Waals surface area contributed by atoms with Gasteiger partial charge in [-0.15, -0.1) is 0 Å². The van der Waals surface area contributed by atoms with E-state index in [1.54, 1.807) is 48.5 Å². The summed E-state index contributed by atoms with van der Waals surface area (Å²) in [6.45, 7) is 0. The lowest BCUT2D eigenvalue weighted by Gasteiger charge is -2.09. The van der Waals surface area contributed by atoms with E-state index in [0.717, 1.165) is 0 Å². The minimum Gasteiger partial charge on any atom is -0.322 e. The van der Waals surface area contributed by atoms with E-state index in [1.807, 2.05) is 12.1 Å². The van der Waals surface area contributed by atoms with Gasteiger partial charge in [0.2, 0.25) is 0 Å². The Morgan fingerprint density at radius 3 is 1.66 bits per heavy atom. The topological polar surface area (TPSA) is 106 Å². The van der Waals surface area contributed by atoms with Gasteiger partial charge in [-0.05, 0) is 66.7 Å². The Labute approximate surface area is 172 Å². The highest BCUT2D eigenvalue weighted by atomic mass is 35.5. The summed E-state index contributed by atoms with van der Waals surface area (Å²) in [5, 5.41) is 23.1. The van der Waals surface area contributed by atoms with Crippen LogP contribution in [-0.4, -0.2) is 11.8 Å². The zero-order chi connectivity index (χ0) is 20.8. The SMILES string of the molecule is N#Cc1ccc(NC(=O)c2ccc(C(=O)Nc3ccc(C#N)cc3)c(Cl)c2)cc1. The highest BCUT2D eigenvalue weighted by molar-refractivity contribution is 6.35. The van der Waals surface area contributed by atoms with Crippen molar-refractivity contribution < 1.29 is 9.59 Å². The van der Waals surface area contributed by atoms with E-state index in [1.165, 1.54) is 18.2 Å². The summed E-state index contributed by atoms with van der Waals surface area (Å²) < 4.78 is 0. The molecule has 0 fully saturated rings. The molecule has 29 heavy (non-hydrogen) atoms. The molecule has 0 spiro atoms. The first-order valence-corrected chi connectivity index (χ1v) is 8.80. The molecule has 7 heteroatoms. The third-order valence-corrected chi connectivity index (χ3v) is 4.33. The molecular formula is C22H13ClN4O2. The van der Waals surface area contributed by atoms with Crippen molar-refractivity contribution in [1.29, 1.82) is 10.5 Å². The molecule has 0 saturated carbocycles. The lowest BCUT2D eigenvalue weighted by atomic mass is 10.1. The Morgan fingerprint density at radius 1 is 0.724 bits per heavy atom. The molecule has 2 N–H and O–H groups in total. The quantitative estimate of drug-likeness (QED) is 0.668. The summed E-state index contributed by atoms with van der Waals surface area (Å²) in [7, 11) is 0. The van der Waals surface area contributed by atoms with Gasteiger partial charge >= 0.3 is 0 Å². The van der Waals surface area contributed by atoms with Crippen molar-refractivity contribution in [2.24, 2.45) is 0 Å². The molecule has 0 aliphatic rings. The number of benzene rings is 3. The fraction of sp³-hybridized carbons (Fsp3) is 0. The zero-order valence-electron chi connectivity index (χ0n) is 14.9. The predicted molar refractivity (Wildman–Crippen MR) is 110 cm³/mol. The van der Waals surface area contributed by atoms with Gasteiger partial charge < -0.3 is 10.6 Å². The Balaban J connectivity index is 1.71. The molecule has 6 nitrogen and oxygen atoms in total. The second kappa shape index (κ2) is 8.71. The largest absolute Gasteiger partial charge is 0.322 e. The van der Waals surface area contributed by atoms with Gasteiger partial charge in [-0.25, -0.2) is 0 Å². The minimum atomic E-state index is -0.432. The maximum atomic E-state index is 12.4. The summed E-state index contributed by atoms with van der Waals surface area (Å²) in [5.74, 6) is -0.825. The lowest BCUT2D eigenvalue weighted by Crippen LogP contribution is -2.15. The number of nitriles is 2. The fourth-order valence-corrected chi connectivity index (χ4v) is 2.76. The van der Waals surface area contributed by atoms with Crippen molar-refractivity contribution in [1.82, 2.24) is 0 Å². The van der Waals surface area contributed by atoms with Crippen molar-refractivity contribution in [3.63, 3.8) is 0 Å². The van der Waals surface area contributed by atoms with Crippen LogP contribution in [0.3, 0.4) is 0 Å². The summed E-state index contributed by atoms with van der Waals surface area (Å²) in [4.78, 5) is 24.8. The van der Waals surface area contributed by atoms with Crippen LogP contribution in [0.4, 0.5) is 11.4 Å². The predicted octanol–water partition coefficient (Wildman–Crippen LogP) is 4.59. The molecule has 3 aromatic rings. The zero-order valence-corrected chi connectivity index (χ0v) is 15.7. The number of hydrogen-bond acceptors (Lipinski definition) is 4. The number of halogens is 1. The second-order valence-corrected chi connectivity index (χ2v) is 6.39. The number of carbonyl (C=O) groups excluding carboxylic acids is 2. The molecule has 2 amide bonds. The lowest BCUT2D eigenvalue weighted by molar-refractivity contribution is 0.101. The molecule has 0 aliphatic carbocycles. The summed E-state index contributed by atoms with van der Waals surface area (Å²) in [6.07, 6.45) is 0. The maximum absolute atomic E-state index is 12.4. The highest BCUT2D eigenvalue weighted by Gasteiger charge is 2.14. The van der Waals surface area contributed by atoms with Gasteiger partial charge in [-0.2, -0.15) is 10.5 Å². The number of nitrogens with one attached hydrogen (secondary N) is 2. The molecular weight excluding hydrogens is 388 g/mol. The number of amides is 2. The van der Waals surface area contributed by atoms with Gasteiger partial charge in [0, 0.05) is 16.9 Å². The van der Waals surface area contributed by atoms with Crippen LogP contribution in [0.25, 0.3) is 0 Å². The Morgan fingerprint density at radius 2 is 1.21 bits per heavy atom. The Hall–Kier alpha value is -4.13. The van der Waals surface area contributed by atoms with Gasteiger partial charge in [0.25, 0.3) is 11.8 Å². The highest BCUT2D eigenvalue weighted by Crippen LogP contribution is 2.21. The van der Waals surface area contributed by atoms with Crippen molar-refractivity contribution >= 4 is 34.8 Å². The summed E-state index contributed by atoms with van der Waals surface area (Å²) in [6, 6.07) is 21.2. The van der Waals surface area contributed by atoms with Crippen molar-refractivity contribution in [2.75, 3.05) is 10.6 Å². The molecule has 140 valence electrons. The van der Waals surface area contributed by atoms with Crippen molar-refractivity contribution in [2.45, 2.75) is 0 Å². The average molecular weight is 401 g/mol. The number of carbonyl (C=O) groups is 2. The number of hydrogen-bond donors (Lipinski definition) is 2. The number of nitrogens with zero attached hydrogens (tertiary/aromatic N) is 2. The second-order valence-electron chi connectivity index (χ2n) is 5.98. The van der Waals surface area contributed by atoms with E-state index in [-0.39, 0.29) is 16.1 Å². The first-order chi connectivity index (χ1) is 14.0. The normalized spacial score (nSPS) is 9.76. The van der Waals surface area contributed by atoms with Gasteiger partial charge in [-0.1, -0.05) is 11.6 Å². The monoisotopic (exact) mass is 400 g/mol. The number of rotatable bonds is 4. The van der Waals surface area contributed by atoms with Crippen LogP contribution in [0.2, 0.25) is 5.02 Å². The third kappa shape index (κ3) is 4.78. The summed E-state index contributed by atoms with van der Waals surface area (Å²) >= 11 is 6.20. The molecule has 0 atom stereocenters. The van der Waals surface area contributed by atoms with Crippen LogP contribution in [-0.2, 0) is 0 Å². The standard InChI is InChI=1S/C22H13ClN4O2/c23-20-11-16(21(28)26-17-6-1-14(12-24)2-7-17)5-10-19(20)22(29)27-18-8-3-15(13-25)4-9-18/h1-11H,(H,26,28)(H,27,29). The maximum Gasteiger partial charge on any atom is 0.257 e.